The van der Waals surface area contributed by atoms with E-state index in [1.54, 1.807) is 15.5 Å². The minimum atomic E-state index is -0.0800. The number of rotatable bonds is 1. The highest BCUT2D eigenvalue weighted by molar-refractivity contribution is 7.07. The monoisotopic (exact) mass is 278 g/mol. The number of hydrogen-bond acceptors (Lipinski definition) is 3. The Balaban J connectivity index is 2.13. The zero-order chi connectivity index (χ0) is 13.5. The molecule has 0 saturated heterocycles. The maximum Gasteiger partial charge on any atom is 0.282 e. The predicted octanol–water partition coefficient (Wildman–Crippen LogP) is 3.94. The van der Waals surface area contributed by atoms with Crippen molar-refractivity contribution in [3.8, 4) is 0 Å². The minimum absolute atomic E-state index is 0.0800. The number of nitrogens with zero attached hydrogens (tertiary/aromatic N) is 2. The number of carbonyl (C=O) groups is 1. The molecule has 0 unspecified atom stereocenters. The molecule has 0 radical (unpaired) electrons. The average Bonchev–Trinajstić information content (AvgIpc) is 3.13. The van der Waals surface area contributed by atoms with Gasteiger partial charge in [0.1, 0.15) is 5.69 Å². The summed E-state index contributed by atoms with van der Waals surface area (Å²) in [5.41, 5.74) is 4.01. The van der Waals surface area contributed by atoms with E-state index in [4.69, 9.17) is 0 Å². The molecule has 3 nitrogen and oxygen atoms in total. The van der Waals surface area contributed by atoms with Gasteiger partial charge in [-0.15, -0.1) is 11.3 Å². The van der Waals surface area contributed by atoms with Gasteiger partial charge in [-0.05, 0) is 12.1 Å². The first-order chi connectivity index (χ1) is 9.86. The lowest BCUT2D eigenvalue weighted by atomic mass is 10.2. The Morgan fingerprint density at radius 3 is 2.10 bits per heavy atom. The second kappa shape index (κ2) is 4.28. The summed E-state index contributed by atoms with van der Waals surface area (Å²) in [7, 11) is 0. The second-order valence-electron chi connectivity index (χ2n) is 4.55. The van der Waals surface area contributed by atoms with Crippen molar-refractivity contribution in [2.45, 2.75) is 0 Å². The highest BCUT2D eigenvalue weighted by Gasteiger charge is 2.17. The molecule has 4 heteroatoms. The highest BCUT2D eigenvalue weighted by atomic mass is 32.1. The van der Waals surface area contributed by atoms with Crippen molar-refractivity contribution in [2.24, 2.45) is 0 Å². The second-order valence-corrected chi connectivity index (χ2v) is 5.27. The number of fused-ring (bicyclic) bond motifs is 3. The molecule has 0 N–H and O–H groups in total. The van der Waals surface area contributed by atoms with Gasteiger partial charge < -0.3 is 0 Å². The van der Waals surface area contributed by atoms with Crippen LogP contribution in [0.3, 0.4) is 0 Å². The van der Waals surface area contributed by atoms with Crippen molar-refractivity contribution in [2.75, 3.05) is 0 Å². The molecule has 0 spiro atoms. The third kappa shape index (κ3) is 1.52. The van der Waals surface area contributed by atoms with Gasteiger partial charge in [0.05, 0.1) is 16.5 Å². The normalized spacial score (nSPS) is 11.2. The molecule has 0 saturated carbocycles. The third-order valence-corrected chi connectivity index (χ3v) is 4.02. The lowest BCUT2D eigenvalue weighted by Crippen LogP contribution is -2.11. The average molecular weight is 278 g/mol. The zero-order valence-electron chi connectivity index (χ0n) is 10.5. The van der Waals surface area contributed by atoms with E-state index in [-0.39, 0.29) is 5.91 Å². The topological polar surface area (TPSA) is 34.9 Å². The third-order valence-electron chi connectivity index (χ3n) is 3.43. The van der Waals surface area contributed by atoms with Crippen LogP contribution in [-0.4, -0.2) is 15.5 Å². The molecule has 2 heterocycles. The van der Waals surface area contributed by atoms with Gasteiger partial charge in [-0.2, -0.15) is 0 Å². The first-order valence-electron chi connectivity index (χ1n) is 6.27. The zero-order valence-corrected chi connectivity index (χ0v) is 11.3. The van der Waals surface area contributed by atoms with E-state index < -0.39 is 0 Å². The van der Waals surface area contributed by atoms with Gasteiger partial charge in [0.15, 0.2) is 0 Å². The highest BCUT2D eigenvalue weighted by Crippen LogP contribution is 2.29. The fourth-order valence-corrected chi connectivity index (χ4v) is 3.10. The van der Waals surface area contributed by atoms with Crippen molar-refractivity contribution < 1.29 is 4.79 Å². The van der Waals surface area contributed by atoms with Crippen LogP contribution in [0.4, 0.5) is 0 Å². The van der Waals surface area contributed by atoms with E-state index in [1.165, 1.54) is 11.3 Å². The quantitative estimate of drug-likeness (QED) is 0.528. The predicted molar refractivity (Wildman–Crippen MR) is 81.3 cm³/mol. The number of hydrogen-bond donors (Lipinski definition) is 0. The number of aromatic nitrogens is 2. The van der Waals surface area contributed by atoms with Crippen LogP contribution >= 0.6 is 11.3 Å². The van der Waals surface area contributed by atoms with E-state index in [0.29, 0.717) is 5.69 Å². The van der Waals surface area contributed by atoms with Crippen molar-refractivity contribution in [1.29, 1.82) is 0 Å². The smallest absolute Gasteiger partial charge is 0.274 e. The minimum Gasteiger partial charge on any atom is -0.274 e. The molecule has 0 atom stereocenters. The number of benzene rings is 2. The Hall–Kier alpha value is -2.46. The number of thiazole rings is 1. The fraction of sp³-hybridized carbons (Fsp3) is 0. The van der Waals surface area contributed by atoms with Crippen LogP contribution in [-0.2, 0) is 0 Å². The van der Waals surface area contributed by atoms with Crippen LogP contribution in [0.15, 0.2) is 59.4 Å². The first-order valence-corrected chi connectivity index (χ1v) is 7.21. The summed E-state index contributed by atoms with van der Waals surface area (Å²) in [6.07, 6.45) is 0. The van der Waals surface area contributed by atoms with Gasteiger partial charge in [-0.1, -0.05) is 36.4 Å². The van der Waals surface area contributed by atoms with Crippen LogP contribution in [0.1, 0.15) is 10.5 Å². The molecular weight excluding hydrogens is 268 g/mol. The molecule has 4 aromatic rings. The van der Waals surface area contributed by atoms with Crippen molar-refractivity contribution in [3.63, 3.8) is 0 Å². The molecule has 0 aliphatic rings. The molecule has 0 aliphatic carbocycles. The van der Waals surface area contributed by atoms with E-state index in [2.05, 4.69) is 4.98 Å². The van der Waals surface area contributed by atoms with E-state index in [1.807, 2.05) is 48.5 Å². The lowest BCUT2D eigenvalue weighted by molar-refractivity contribution is 0.0965. The summed E-state index contributed by atoms with van der Waals surface area (Å²) in [6, 6.07) is 15.9. The van der Waals surface area contributed by atoms with E-state index >= 15 is 0 Å². The first kappa shape index (κ1) is 11.4. The van der Waals surface area contributed by atoms with Crippen LogP contribution < -0.4 is 0 Å². The van der Waals surface area contributed by atoms with Crippen molar-refractivity contribution in [3.05, 3.63) is 65.1 Å². The molecule has 0 amide bonds. The van der Waals surface area contributed by atoms with Crippen LogP contribution in [0.5, 0.6) is 0 Å². The van der Waals surface area contributed by atoms with Gasteiger partial charge >= 0.3 is 0 Å². The molecular formula is C16H10N2OS. The lowest BCUT2D eigenvalue weighted by Gasteiger charge is -2.03. The summed E-state index contributed by atoms with van der Waals surface area (Å²) in [6.45, 7) is 0. The van der Waals surface area contributed by atoms with E-state index in [0.717, 1.165) is 21.8 Å². The maximum atomic E-state index is 12.7. The molecule has 4 rings (SSSR count). The van der Waals surface area contributed by atoms with Gasteiger partial charge in [-0.25, -0.2) is 4.98 Å². The SMILES string of the molecule is O=C(c1cscn1)n1c2ccccc2c2ccccc21. The summed E-state index contributed by atoms with van der Waals surface area (Å²) in [5.74, 6) is -0.0800. The summed E-state index contributed by atoms with van der Waals surface area (Å²) in [4.78, 5) is 16.8. The molecule has 2 aromatic heterocycles. The van der Waals surface area contributed by atoms with Crippen LogP contribution in [0, 0.1) is 0 Å². The van der Waals surface area contributed by atoms with Crippen LogP contribution in [0.25, 0.3) is 21.8 Å². The fourth-order valence-electron chi connectivity index (χ4n) is 2.57. The molecule has 0 fully saturated rings. The van der Waals surface area contributed by atoms with Gasteiger partial charge in [0.25, 0.3) is 5.91 Å². The van der Waals surface area contributed by atoms with Gasteiger partial charge in [0.2, 0.25) is 0 Å². The van der Waals surface area contributed by atoms with Crippen molar-refractivity contribution in [1.82, 2.24) is 9.55 Å². The summed E-state index contributed by atoms with van der Waals surface area (Å²) >= 11 is 1.43. The maximum absolute atomic E-state index is 12.7. The van der Waals surface area contributed by atoms with Crippen molar-refractivity contribution >= 4 is 39.0 Å². The molecule has 0 aliphatic heterocycles. The van der Waals surface area contributed by atoms with Crippen LogP contribution in [0.2, 0.25) is 0 Å². The largest absolute Gasteiger partial charge is 0.282 e. The standard InChI is InChI=1S/C16H10N2OS/c19-16(13-9-20-10-17-13)18-14-7-3-1-5-11(14)12-6-2-4-8-15(12)18/h1-10H. The molecule has 20 heavy (non-hydrogen) atoms. The Morgan fingerprint density at radius 2 is 1.55 bits per heavy atom. The summed E-state index contributed by atoms with van der Waals surface area (Å²) < 4.78 is 1.75. The summed E-state index contributed by atoms with van der Waals surface area (Å²) in [5, 5.41) is 3.96. The molecule has 96 valence electrons. The number of carbonyl (C=O) groups excluding carboxylic acids is 1. The van der Waals surface area contributed by atoms with Gasteiger partial charge in [0, 0.05) is 16.2 Å². The number of para-hydroxylation sites is 2. The Labute approximate surface area is 119 Å². The Bertz CT molecular complexity index is 869. The van der Waals surface area contributed by atoms with E-state index in [9.17, 15) is 4.79 Å². The Morgan fingerprint density at radius 1 is 0.950 bits per heavy atom. The molecule has 0 bridgehead atoms. The van der Waals surface area contributed by atoms with Gasteiger partial charge in [-0.3, -0.25) is 9.36 Å². The molecule has 2 aromatic carbocycles. The Kier molecular flexibility index (Phi) is 2.44.